The van der Waals surface area contributed by atoms with Crippen molar-refractivity contribution in [3.8, 4) is 0 Å². The highest BCUT2D eigenvalue weighted by Crippen LogP contribution is 2.35. The molecule has 1 fully saturated rings. The van der Waals surface area contributed by atoms with E-state index in [1.807, 2.05) is 0 Å². The molecule has 4 rings (SSSR count). The van der Waals surface area contributed by atoms with Gasteiger partial charge in [0.2, 0.25) is 0 Å². The molecule has 0 N–H and O–H groups in total. The van der Waals surface area contributed by atoms with Crippen molar-refractivity contribution in [3.05, 3.63) is 59.7 Å². The molecule has 0 amide bonds. The minimum absolute atomic E-state index is 0.0308. The number of esters is 1. The van der Waals surface area contributed by atoms with Crippen LogP contribution in [-0.4, -0.2) is 33.7 Å². The molecule has 1 saturated heterocycles. The van der Waals surface area contributed by atoms with Gasteiger partial charge in [0.05, 0.1) is 18.8 Å². The molecule has 26 heavy (non-hydrogen) atoms. The number of fused-ring (bicyclic) bond motifs is 1. The lowest BCUT2D eigenvalue weighted by molar-refractivity contribution is 0.0517. The van der Waals surface area contributed by atoms with Crippen LogP contribution in [-0.2, 0) is 4.74 Å². The highest BCUT2D eigenvalue weighted by Gasteiger charge is 2.28. The van der Waals surface area contributed by atoms with E-state index in [2.05, 4.69) is 10.1 Å². The topological polar surface area (TPSA) is 59.7 Å². The Kier molecular flexibility index (Phi) is 2.83. The predicted octanol–water partition coefficient (Wildman–Crippen LogP) is 3.39. The summed E-state index contributed by atoms with van der Waals surface area (Å²) >= 11 is 0. The monoisotopic (exact) mass is 360 g/mol. The number of aromatic nitrogens is 3. The Labute approximate surface area is 158 Å². The first kappa shape index (κ1) is 10.9. The molecule has 1 aliphatic rings. The first-order valence-corrected chi connectivity index (χ1v) is 8.00. The van der Waals surface area contributed by atoms with Crippen LogP contribution in [0.5, 0.6) is 0 Å². The fraction of sp³-hybridized carbons (Fsp3) is 0.316. The minimum Gasteiger partial charge on any atom is -0.461 e. The van der Waals surface area contributed by atoms with Gasteiger partial charge >= 0.3 is 5.97 Å². The molecular formula is C19H19FN4O2. The van der Waals surface area contributed by atoms with Crippen molar-refractivity contribution < 1.29 is 22.1 Å². The number of nitrogens with zero attached hydrogens (tertiary/aromatic N) is 4. The van der Waals surface area contributed by atoms with E-state index in [-0.39, 0.29) is 29.3 Å². The molecule has 1 aliphatic heterocycles. The molecule has 3 aromatic rings. The van der Waals surface area contributed by atoms with Crippen LogP contribution in [0.4, 0.5) is 10.2 Å². The molecule has 1 unspecified atom stereocenters. The van der Waals surface area contributed by atoms with Gasteiger partial charge in [-0.25, -0.2) is 18.7 Å². The highest BCUT2D eigenvalue weighted by atomic mass is 19.1. The van der Waals surface area contributed by atoms with Crippen LogP contribution < -0.4 is 4.90 Å². The van der Waals surface area contributed by atoms with Crippen molar-refractivity contribution >= 4 is 17.4 Å². The van der Waals surface area contributed by atoms with Gasteiger partial charge in [0.1, 0.15) is 11.6 Å². The van der Waals surface area contributed by atoms with E-state index in [4.69, 9.17) is 13.0 Å². The summed E-state index contributed by atoms with van der Waals surface area (Å²) in [5.74, 6) is -1.54. The average Bonchev–Trinajstić information content (AvgIpc) is 3.18. The fourth-order valence-corrected chi connectivity index (χ4v) is 2.72. The maximum absolute atomic E-state index is 14.0. The number of imidazole rings is 1. The van der Waals surface area contributed by atoms with E-state index in [1.165, 1.54) is 30.5 Å². The van der Waals surface area contributed by atoms with Gasteiger partial charge < -0.3 is 9.64 Å². The normalized spacial score (nSPS) is 26.2. The molecule has 0 aliphatic carbocycles. The van der Waals surface area contributed by atoms with E-state index >= 15 is 0 Å². The largest absolute Gasteiger partial charge is 0.461 e. The Balaban J connectivity index is 1.94. The summed E-state index contributed by atoms with van der Waals surface area (Å²) in [7, 11) is 0. The van der Waals surface area contributed by atoms with Gasteiger partial charge in [-0.3, -0.25) is 0 Å². The first-order valence-electron chi connectivity index (χ1n) is 11.0. The quantitative estimate of drug-likeness (QED) is 0.668. The molecule has 1 atom stereocenters. The van der Waals surface area contributed by atoms with E-state index in [1.54, 1.807) is 6.92 Å². The van der Waals surface area contributed by atoms with E-state index in [0.29, 0.717) is 0 Å². The third-order valence-electron chi connectivity index (χ3n) is 3.89. The zero-order chi connectivity index (χ0) is 23.5. The molecule has 3 heterocycles. The summed E-state index contributed by atoms with van der Waals surface area (Å²) in [6, 6.07) is 6.16. The number of ether oxygens (including phenoxy) is 1. The van der Waals surface area contributed by atoms with Gasteiger partial charge in [0.15, 0.2) is 11.3 Å². The zero-order valence-electron chi connectivity index (χ0n) is 19.8. The molecule has 2 aromatic heterocycles. The number of benzene rings is 1. The third-order valence-corrected chi connectivity index (χ3v) is 3.89. The van der Waals surface area contributed by atoms with Gasteiger partial charge in [-0.1, -0.05) is 12.1 Å². The molecule has 6 nitrogen and oxygen atoms in total. The summed E-state index contributed by atoms with van der Waals surface area (Å²) < 4.78 is 70.4. The molecular weight excluding hydrogens is 335 g/mol. The van der Waals surface area contributed by atoms with Crippen LogP contribution in [0.1, 0.15) is 50.0 Å². The number of rotatable bonds is 4. The Morgan fingerprint density at radius 1 is 1.42 bits per heavy atom. The molecule has 134 valence electrons. The van der Waals surface area contributed by atoms with Crippen molar-refractivity contribution in [2.24, 2.45) is 0 Å². The Bertz CT molecular complexity index is 1200. The van der Waals surface area contributed by atoms with Crippen LogP contribution in [0.25, 0.3) is 5.65 Å². The van der Waals surface area contributed by atoms with Crippen molar-refractivity contribution in [2.75, 3.05) is 18.0 Å². The van der Waals surface area contributed by atoms with Crippen molar-refractivity contribution in [1.82, 2.24) is 14.6 Å². The summed E-state index contributed by atoms with van der Waals surface area (Å²) in [5.41, 5.74) is 0.264. The lowest BCUT2D eigenvalue weighted by Crippen LogP contribution is -2.24. The molecule has 0 bridgehead atoms. The van der Waals surface area contributed by atoms with Gasteiger partial charge in [-0.15, -0.1) is 5.10 Å². The van der Waals surface area contributed by atoms with Crippen LogP contribution in [0.2, 0.25) is 0 Å². The van der Waals surface area contributed by atoms with Crippen LogP contribution >= 0.6 is 0 Å². The maximum Gasteiger partial charge on any atom is 0.358 e. The summed E-state index contributed by atoms with van der Waals surface area (Å²) in [4.78, 5) is 17.1. The predicted molar refractivity (Wildman–Crippen MR) is 94.7 cm³/mol. The summed E-state index contributed by atoms with van der Waals surface area (Å²) in [6.45, 7) is -1.13. The second-order valence-electron chi connectivity index (χ2n) is 5.53. The lowest BCUT2D eigenvalue weighted by atomic mass is 10.0. The summed E-state index contributed by atoms with van der Waals surface area (Å²) in [5, 5.41) is 4.26. The number of hydrogen-bond acceptors (Lipinski definition) is 5. The fourth-order valence-electron chi connectivity index (χ4n) is 2.72. The van der Waals surface area contributed by atoms with E-state index in [9.17, 15) is 9.18 Å². The van der Waals surface area contributed by atoms with Crippen LogP contribution in [0, 0.1) is 5.82 Å². The Morgan fingerprint density at radius 2 is 2.31 bits per heavy atom. The SMILES string of the molecule is [2H]C1([2H])C(c2cccc(F)c2)N(c2ccc3ncc(C(=O)OCC)n3n2)C([2H])([2H])C1([2H])[2H]. The van der Waals surface area contributed by atoms with Gasteiger partial charge in [-0.05, 0) is 49.5 Å². The van der Waals surface area contributed by atoms with Crippen molar-refractivity contribution in [1.29, 1.82) is 0 Å². The maximum atomic E-state index is 14.0. The smallest absolute Gasteiger partial charge is 0.358 e. The van der Waals surface area contributed by atoms with Crippen molar-refractivity contribution in [3.63, 3.8) is 0 Å². The van der Waals surface area contributed by atoms with Crippen LogP contribution in [0.15, 0.2) is 42.6 Å². The number of carbonyl (C=O) groups excluding carboxylic acids is 1. The van der Waals surface area contributed by atoms with Crippen LogP contribution in [0.3, 0.4) is 0 Å². The number of hydrogen-bond donors (Lipinski definition) is 0. The van der Waals surface area contributed by atoms with Crippen molar-refractivity contribution in [2.45, 2.75) is 25.7 Å². The van der Waals surface area contributed by atoms with Gasteiger partial charge in [0.25, 0.3) is 0 Å². The standard InChI is InChI=1S/C19H19FN4O2/c1-2-26-19(25)16-12-21-17-8-9-18(22-24(16)17)23-10-4-7-15(23)13-5-3-6-14(20)11-13/h3,5-6,8-9,11-12,15H,2,4,7,10H2,1H3/i4D2,7D2,10D2. The lowest BCUT2D eigenvalue weighted by Gasteiger charge is -2.26. The first-order chi connectivity index (χ1) is 14.9. The molecule has 0 saturated carbocycles. The van der Waals surface area contributed by atoms with E-state index in [0.717, 1.165) is 21.5 Å². The molecule has 7 heteroatoms. The zero-order valence-corrected chi connectivity index (χ0v) is 13.8. The third kappa shape index (κ3) is 2.89. The number of carbonyl (C=O) groups is 1. The van der Waals surface area contributed by atoms with Gasteiger partial charge in [-0.2, -0.15) is 0 Å². The number of anilines is 1. The Morgan fingerprint density at radius 3 is 3.12 bits per heavy atom. The van der Waals surface area contributed by atoms with Gasteiger partial charge in [0, 0.05) is 14.7 Å². The second-order valence-corrected chi connectivity index (χ2v) is 5.53. The van der Waals surface area contributed by atoms with E-state index < -0.39 is 37.1 Å². The summed E-state index contributed by atoms with van der Waals surface area (Å²) in [6.07, 6.45) is -4.52. The molecule has 1 aromatic carbocycles. The number of halogens is 1. The second kappa shape index (κ2) is 6.74. The molecule has 0 spiro atoms. The average molecular weight is 360 g/mol. The Hall–Kier alpha value is -2.96. The highest BCUT2D eigenvalue weighted by molar-refractivity contribution is 5.88. The minimum atomic E-state index is -2.99. The molecule has 0 radical (unpaired) electrons.